The van der Waals surface area contributed by atoms with Crippen molar-refractivity contribution in [1.29, 1.82) is 0 Å². The van der Waals surface area contributed by atoms with Crippen LogP contribution in [0.3, 0.4) is 0 Å². The smallest absolute Gasteiger partial charge is 0.269 e. The number of non-ortho nitro benzene ring substituents is 1. The quantitative estimate of drug-likeness (QED) is 0.471. The molecule has 0 amide bonds. The molecule has 5 heteroatoms. The first-order chi connectivity index (χ1) is 9.70. The van der Waals surface area contributed by atoms with Gasteiger partial charge >= 0.3 is 0 Å². The number of likely N-dealkylation sites (tertiary alicyclic amines) is 1. The van der Waals surface area contributed by atoms with Crippen LogP contribution in [0, 0.1) is 10.1 Å². The van der Waals surface area contributed by atoms with Crippen LogP contribution in [0.1, 0.15) is 25.3 Å². The second-order valence-electron chi connectivity index (χ2n) is 5.30. The van der Waals surface area contributed by atoms with Crippen molar-refractivity contribution < 1.29 is 4.92 Å². The normalized spacial score (nSPS) is 19.4. The van der Waals surface area contributed by atoms with Crippen LogP contribution in [-0.4, -0.2) is 42.0 Å². The molecule has 1 aliphatic heterocycles. The number of nitro benzene ring substituents is 1. The van der Waals surface area contributed by atoms with Gasteiger partial charge in [-0.25, -0.2) is 0 Å². The third-order valence-corrected chi connectivity index (χ3v) is 4.02. The maximum absolute atomic E-state index is 10.6. The van der Waals surface area contributed by atoms with Crippen molar-refractivity contribution in [2.24, 2.45) is 0 Å². The number of rotatable bonds is 7. The highest BCUT2D eigenvalue weighted by atomic mass is 16.6. The summed E-state index contributed by atoms with van der Waals surface area (Å²) in [4.78, 5) is 12.7. The van der Waals surface area contributed by atoms with E-state index in [-0.39, 0.29) is 10.6 Å². The molecule has 20 heavy (non-hydrogen) atoms. The van der Waals surface area contributed by atoms with Crippen LogP contribution >= 0.6 is 0 Å². The summed E-state index contributed by atoms with van der Waals surface area (Å²) in [5.41, 5.74) is 1.30. The van der Waals surface area contributed by atoms with Crippen LogP contribution in [0.5, 0.6) is 0 Å². The third kappa shape index (κ3) is 4.02. The maximum Gasteiger partial charge on any atom is 0.269 e. The van der Waals surface area contributed by atoms with Crippen LogP contribution in [-0.2, 0) is 6.42 Å². The number of likely N-dealkylation sites (N-methyl/N-ethyl adjacent to an activating group) is 1. The van der Waals surface area contributed by atoms with Crippen molar-refractivity contribution in [1.82, 2.24) is 10.2 Å². The first-order valence-corrected chi connectivity index (χ1v) is 7.39. The monoisotopic (exact) mass is 277 g/mol. The van der Waals surface area contributed by atoms with Crippen molar-refractivity contribution in [2.75, 3.05) is 26.2 Å². The molecule has 5 nitrogen and oxygen atoms in total. The third-order valence-electron chi connectivity index (χ3n) is 4.02. The van der Waals surface area contributed by atoms with Crippen molar-refractivity contribution in [3.8, 4) is 0 Å². The van der Waals surface area contributed by atoms with Crippen LogP contribution in [0.25, 0.3) is 0 Å². The minimum Gasteiger partial charge on any atom is -0.315 e. The molecule has 0 saturated carbocycles. The molecule has 1 unspecified atom stereocenters. The summed E-state index contributed by atoms with van der Waals surface area (Å²) in [5.74, 6) is 0. The summed E-state index contributed by atoms with van der Waals surface area (Å²) in [5, 5.41) is 14.1. The van der Waals surface area contributed by atoms with Crippen LogP contribution in [0.15, 0.2) is 24.3 Å². The number of nitro groups is 1. The lowest BCUT2D eigenvalue weighted by molar-refractivity contribution is -0.384. The Balaban J connectivity index is 1.69. The molecular weight excluding hydrogens is 254 g/mol. The zero-order valence-corrected chi connectivity index (χ0v) is 12.0. The van der Waals surface area contributed by atoms with E-state index < -0.39 is 0 Å². The van der Waals surface area contributed by atoms with E-state index in [0.29, 0.717) is 6.04 Å². The van der Waals surface area contributed by atoms with Gasteiger partial charge in [0, 0.05) is 24.7 Å². The minimum absolute atomic E-state index is 0.159. The fraction of sp³-hybridized carbons (Fsp3) is 0.600. The molecule has 1 atom stereocenters. The highest BCUT2D eigenvalue weighted by Crippen LogP contribution is 2.15. The molecule has 1 saturated heterocycles. The Morgan fingerprint density at radius 1 is 1.40 bits per heavy atom. The topological polar surface area (TPSA) is 58.4 Å². The van der Waals surface area contributed by atoms with Gasteiger partial charge in [0.25, 0.3) is 5.69 Å². The number of nitrogens with zero attached hydrogens (tertiary/aromatic N) is 2. The molecule has 0 spiro atoms. The second-order valence-corrected chi connectivity index (χ2v) is 5.30. The molecule has 1 N–H and O–H groups in total. The van der Waals surface area contributed by atoms with Crippen molar-refractivity contribution in [3.63, 3.8) is 0 Å². The zero-order chi connectivity index (χ0) is 14.4. The lowest BCUT2D eigenvalue weighted by Crippen LogP contribution is -2.38. The molecule has 0 aromatic heterocycles. The first-order valence-electron chi connectivity index (χ1n) is 7.39. The van der Waals surface area contributed by atoms with Gasteiger partial charge in [-0.05, 0) is 44.5 Å². The molecule has 2 rings (SSSR count). The molecule has 1 heterocycles. The summed E-state index contributed by atoms with van der Waals surface area (Å²) >= 11 is 0. The molecule has 1 aromatic carbocycles. The molecule has 1 aromatic rings. The Kier molecular flexibility index (Phi) is 5.49. The fourth-order valence-corrected chi connectivity index (χ4v) is 2.83. The standard InChI is InChI=1S/C15H23N3O2/c1-2-17-11-3-4-15(17)12-16-10-9-13-5-7-14(8-6-13)18(19)20/h5-8,15-16H,2-4,9-12H2,1H3. The van der Waals surface area contributed by atoms with Crippen LogP contribution < -0.4 is 5.32 Å². The number of nitrogens with one attached hydrogen (secondary N) is 1. The van der Waals surface area contributed by atoms with E-state index in [2.05, 4.69) is 17.1 Å². The Morgan fingerprint density at radius 3 is 2.80 bits per heavy atom. The van der Waals surface area contributed by atoms with Gasteiger partial charge in [0.05, 0.1) is 4.92 Å². The van der Waals surface area contributed by atoms with E-state index in [9.17, 15) is 10.1 Å². The average molecular weight is 277 g/mol. The van der Waals surface area contributed by atoms with E-state index in [4.69, 9.17) is 0 Å². The van der Waals surface area contributed by atoms with Gasteiger partial charge < -0.3 is 5.32 Å². The van der Waals surface area contributed by atoms with E-state index in [1.807, 2.05) is 12.1 Å². The molecule has 1 fully saturated rings. The van der Waals surface area contributed by atoms with Crippen molar-refractivity contribution >= 4 is 5.69 Å². The average Bonchev–Trinajstić information content (AvgIpc) is 2.91. The molecule has 0 bridgehead atoms. The second kappa shape index (κ2) is 7.36. The molecule has 0 aliphatic carbocycles. The summed E-state index contributed by atoms with van der Waals surface area (Å²) < 4.78 is 0. The number of hydrogen-bond donors (Lipinski definition) is 1. The van der Waals surface area contributed by atoms with Gasteiger partial charge in [-0.1, -0.05) is 19.1 Å². The predicted octanol–water partition coefficient (Wildman–Crippen LogP) is 2.21. The zero-order valence-electron chi connectivity index (χ0n) is 12.0. The van der Waals surface area contributed by atoms with E-state index >= 15 is 0 Å². The number of hydrogen-bond acceptors (Lipinski definition) is 4. The summed E-state index contributed by atoms with van der Waals surface area (Å²) in [6.45, 7) is 6.54. The Morgan fingerprint density at radius 2 is 2.15 bits per heavy atom. The summed E-state index contributed by atoms with van der Waals surface area (Å²) in [6.07, 6.45) is 3.51. The van der Waals surface area contributed by atoms with E-state index in [1.54, 1.807) is 12.1 Å². The van der Waals surface area contributed by atoms with Gasteiger partial charge in [0.1, 0.15) is 0 Å². The molecular formula is C15H23N3O2. The van der Waals surface area contributed by atoms with E-state index in [1.165, 1.54) is 19.4 Å². The highest BCUT2D eigenvalue weighted by molar-refractivity contribution is 5.32. The largest absolute Gasteiger partial charge is 0.315 e. The minimum atomic E-state index is -0.360. The van der Waals surface area contributed by atoms with Crippen molar-refractivity contribution in [2.45, 2.75) is 32.2 Å². The highest BCUT2D eigenvalue weighted by Gasteiger charge is 2.21. The SMILES string of the molecule is CCN1CCCC1CNCCc1ccc([N+](=O)[O-])cc1. The predicted molar refractivity (Wildman–Crippen MR) is 79.9 cm³/mol. The van der Waals surface area contributed by atoms with Crippen LogP contribution in [0.4, 0.5) is 5.69 Å². The van der Waals surface area contributed by atoms with E-state index in [0.717, 1.165) is 31.6 Å². The van der Waals surface area contributed by atoms with Crippen LogP contribution in [0.2, 0.25) is 0 Å². The Labute approximate surface area is 120 Å². The number of benzene rings is 1. The van der Waals surface area contributed by atoms with Gasteiger partial charge in [0.2, 0.25) is 0 Å². The summed E-state index contributed by atoms with van der Waals surface area (Å²) in [7, 11) is 0. The van der Waals surface area contributed by atoms with Gasteiger partial charge in [0.15, 0.2) is 0 Å². The lowest BCUT2D eigenvalue weighted by atomic mass is 10.1. The van der Waals surface area contributed by atoms with Gasteiger partial charge in [-0.3, -0.25) is 15.0 Å². The lowest BCUT2D eigenvalue weighted by Gasteiger charge is -2.22. The van der Waals surface area contributed by atoms with Gasteiger partial charge in [-0.2, -0.15) is 0 Å². The Hall–Kier alpha value is -1.46. The molecule has 110 valence electrons. The fourth-order valence-electron chi connectivity index (χ4n) is 2.83. The van der Waals surface area contributed by atoms with Crippen molar-refractivity contribution in [3.05, 3.63) is 39.9 Å². The maximum atomic E-state index is 10.6. The Bertz CT molecular complexity index is 433. The van der Waals surface area contributed by atoms with Gasteiger partial charge in [-0.15, -0.1) is 0 Å². The first kappa shape index (κ1) is 14.9. The summed E-state index contributed by atoms with van der Waals surface area (Å²) in [6, 6.07) is 7.51. The molecule has 0 radical (unpaired) electrons. The molecule has 1 aliphatic rings.